The molecule has 0 fully saturated rings. The third kappa shape index (κ3) is 3.39. The fraction of sp³-hybridized carbons (Fsp3) is 0.133. The van der Waals surface area contributed by atoms with E-state index in [4.69, 9.17) is 9.05 Å². The minimum absolute atomic E-state index is 0.290. The Kier molecular flexibility index (Phi) is 4.91. The molecule has 0 spiro atoms. The first-order valence-corrected chi connectivity index (χ1v) is 7.82. The topological polar surface area (TPSA) is 64.6 Å². The molecule has 2 aromatic rings. The first-order valence-electron chi connectivity index (χ1n) is 6.28. The maximum Gasteiger partial charge on any atom is 0.362 e. The lowest BCUT2D eigenvalue weighted by Crippen LogP contribution is -2.19. The van der Waals surface area contributed by atoms with Crippen LogP contribution < -0.4 is 10.6 Å². The Labute approximate surface area is 123 Å². The third-order valence-electron chi connectivity index (χ3n) is 2.96. The molecule has 6 heteroatoms. The molecule has 0 saturated heterocycles. The number of benzene rings is 2. The van der Waals surface area contributed by atoms with E-state index in [1.54, 1.807) is 48.5 Å². The highest BCUT2D eigenvalue weighted by Gasteiger charge is 2.28. The average molecular weight is 305 g/mol. The van der Waals surface area contributed by atoms with Gasteiger partial charge in [0, 0.05) is 19.8 Å². The summed E-state index contributed by atoms with van der Waals surface area (Å²) >= 11 is 0. The second-order valence-electron chi connectivity index (χ2n) is 4.20. The van der Waals surface area contributed by atoms with Gasteiger partial charge in [0.2, 0.25) is 0 Å². The van der Waals surface area contributed by atoms with E-state index in [9.17, 15) is 9.36 Å². The molecular weight excluding hydrogens is 289 g/mol. The molecule has 1 N–H and O–H groups in total. The molecule has 2 aromatic carbocycles. The van der Waals surface area contributed by atoms with Crippen molar-refractivity contribution in [2.75, 3.05) is 19.5 Å². The molecule has 0 aromatic heterocycles. The molecule has 0 aliphatic rings. The molecule has 0 atom stereocenters. The second kappa shape index (κ2) is 6.68. The zero-order valence-corrected chi connectivity index (χ0v) is 12.7. The Hall–Kier alpha value is -1.94. The van der Waals surface area contributed by atoms with Crippen LogP contribution in [0.1, 0.15) is 10.4 Å². The van der Waals surface area contributed by atoms with Gasteiger partial charge in [0.15, 0.2) is 0 Å². The number of hydrogen-bond donors (Lipinski definition) is 1. The summed E-state index contributed by atoms with van der Waals surface area (Å²) in [7, 11) is -0.822. The number of carbonyl (C=O) groups excluding carboxylic acids is 1. The zero-order valence-electron chi connectivity index (χ0n) is 11.8. The van der Waals surface area contributed by atoms with E-state index in [-0.39, 0.29) is 5.91 Å². The predicted molar refractivity (Wildman–Crippen MR) is 82.1 cm³/mol. The number of carbonyl (C=O) groups is 1. The van der Waals surface area contributed by atoms with E-state index in [2.05, 4.69) is 5.32 Å². The Balaban J connectivity index is 2.34. The van der Waals surface area contributed by atoms with Gasteiger partial charge < -0.3 is 14.4 Å². The van der Waals surface area contributed by atoms with Crippen LogP contribution in [0.3, 0.4) is 0 Å². The van der Waals surface area contributed by atoms with Gasteiger partial charge in [0.1, 0.15) is 0 Å². The number of nitrogens with one attached hydrogen (secondary N) is 1. The molecule has 0 bridgehead atoms. The standard InChI is InChI=1S/C15H16NO4P/c1-19-21(18,20-2)14-11-7-6-10-13(14)16-15(17)12-8-4-3-5-9-12/h3-11H,1-2H3,(H,16,17). The van der Waals surface area contributed by atoms with Crippen molar-refractivity contribution in [3.63, 3.8) is 0 Å². The number of amides is 1. The number of para-hydroxylation sites is 1. The highest BCUT2D eigenvalue weighted by atomic mass is 31.2. The van der Waals surface area contributed by atoms with Crippen molar-refractivity contribution in [3.05, 3.63) is 60.2 Å². The van der Waals surface area contributed by atoms with Crippen LogP contribution in [0.4, 0.5) is 5.69 Å². The maximum atomic E-state index is 12.5. The van der Waals surface area contributed by atoms with Crippen molar-refractivity contribution in [2.45, 2.75) is 0 Å². The van der Waals surface area contributed by atoms with Crippen LogP contribution in [-0.4, -0.2) is 20.1 Å². The first-order chi connectivity index (χ1) is 10.1. The Bertz CT molecular complexity index is 664. The molecule has 0 saturated carbocycles. The molecule has 0 aliphatic carbocycles. The lowest BCUT2D eigenvalue weighted by Gasteiger charge is -2.17. The normalized spacial score (nSPS) is 11.1. The average Bonchev–Trinajstić information content (AvgIpc) is 2.55. The van der Waals surface area contributed by atoms with E-state index in [0.717, 1.165) is 0 Å². The van der Waals surface area contributed by atoms with Crippen LogP contribution in [-0.2, 0) is 13.6 Å². The summed E-state index contributed by atoms with van der Waals surface area (Å²) in [6, 6.07) is 15.5. The molecule has 0 radical (unpaired) electrons. The minimum atomic E-state index is -3.43. The van der Waals surface area contributed by atoms with Crippen LogP contribution in [0.15, 0.2) is 54.6 Å². The van der Waals surface area contributed by atoms with Crippen molar-refractivity contribution in [3.8, 4) is 0 Å². The van der Waals surface area contributed by atoms with Gasteiger partial charge in [-0.3, -0.25) is 9.36 Å². The third-order valence-corrected chi connectivity index (χ3v) is 4.91. The van der Waals surface area contributed by atoms with Crippen molar-refractivity contribution in [1.29, 1.82) is 0 Å². The van der Waals surface area contributed by atoms with Crippen molar-refractivity contribution < 1.29 is 18.4 Å². The highest BCUT2D eigenvalue weighted by molar-refractivity contribution is 7.62. The SMILES string of the molecule is COP(=O)(OC)c1ccccc1NC(=O)c1ccccc1. The fourth-order valence-corrected chi connectivity index (χ4v) is 3.11. The minimum Gasteiger partial charge on any atom is -0.321 e. The predicted octanol–water partition coefficient (Wildman–Crippen LogP) is 3.05. The Morgan fingerprint density at radius 1 is 0.952 bits per heavy atom. The van der Waals surface area contributed by atoms with Crippen LogP contribution in [0.5, 0.6) is 0 Å². The van der Waals surface area contributed by atoms with Gasteiger partial charge >= 0.3 is 7.60 Å². The molecule has 21 heavy (non-hydrogen) atoms. The summed E-state index contributed by atoms with van der Waals surface area (Å²) in [5.74, 6) is -0.290. The highest BCUT2D eigenvalue weighted by Crippen LogP contribution is 2.47. The molecule has 5 nitrogen and oxygen atoms in total. The summed E-state index contributed by atoms with van der Waals surface area (Å²) < 4.78 is 22.5. The Morgan fingerprint density at radius 2 is 1.52 bits per heavy atom. The van der Waals surface area contributed by atoms with Gasteiger partial charge in [-0.1, -0.05) is 30.3 Å². The zero-order chi connectivity index (χ0) is 15.3. The Morgan fingerprint density at radius 3 is 2.14 bits per heavy atom. The van der Waals surface area contributed by atoms with Crippen LogP contribution in [0.25, 0.3) is 0 Å². The fourth-order valence-electron chi connectivity index (χ4n) is 1.87. The van der Waals surface area contributed by atoms with Gasteiger partial charge in [-0.2, -0.15) is 0 Å². The lowest BCUT2D eigenvalue weighted by molar-refractivity contribution is 0.102. The summed E-state index contributed by atoms with van der Waals surface area (Å²) in [4.78, 5) is 12.2. The number of hydrogen-bond acceptors (Lipinski definition) is 4. The molecule has 110 valence electrons. The van der Waals surface area contributed by atoms with Crippen LogP contribution >= 0.6 is 7.60 Å². The van der Waals surface area contributed by atoms with E-state index in [0.29, 0.717) is 16.6 Å². The molecule has 1 amide bonds. The molecule has 0 heterocycles. The summed E-state index contributed by atoms with van der Waals surface area (Å²) in [5.41, 5.74) is 0.912. The quantitative estimate of drug-likeness (QED) is 0.862. The van der Waals surface area contributed by atoms with Gasteiger partial charge in [0.25, 0.3) is 5.91 Å². The summed E-state index contributed by atoms with van der Waals surface area (Å²) in [6.07, 6.45) is 0. The van der Waals surface area contributed by atoms with Gasteiger partial charge in [-0.05, 0) is 24.3 Å². The van der Waals surface area contributed by atoms with Gasteiger partial charge in [0.05, 0.1) is 11.0 Å². The monoisotopic (exact) mass is 305 g/mol. The van der Waals surface area contributed by atoms with Crippen LogP contribution in [0, 0.1) is 0 Å². The van der Waals surface area contributed by atoms with Crippen molar-refractivity contribution in [1.82, 2.24) is 0 Å². The van der Waals surface area contributed by atoms with E-state index in [1.165, 1.54) is 14.2 Å². The van der Waals surface area contributed by atoms with E-state index >= 15 is 0 Å². The number of rotatable bonds is 5. The van der Waals surface area contributed by atoms with E-state index < -0.39 is 7.60 Å². The summed E-state index contributed by atoms with van der Waals surface area (Å²) in [6.45, 7) is 0. The smallest absolute Gasteiger partial charge is 0.321 e. The van der Waals surface area contributed by atoms with Gasteiger partial charge in [-0.25, -0.2) is 0 Å². The maximum absolute atomic E-state index is 12.5. The molecule has 0 unspecified atom stereocenters. The molecular formula is C15H16NO4P. The lowest BCUT2D eigenvalue weighted by atomic mass is 10.2. The van der Waals surface area contributed by atoms with Crippen molar-refractivity contribution in [2.24, 2.45) is 0 Å². The van der Waals surface area contributed by atoms with Gasteiger partial charge in [-0.15, -0.1) is 0 Å². The molecule has 2 rings (SSSR count). The largest absolute Gasteiger partial charge is 0.362 e. The van der Waals surface area contributed by atoms with Crippen LogP contribution in [0.2, 0.25) is 0 Å². The second-order valence-corrected chi connectivity index (χ2v) is 6.41. The number of anilines is 1. The van der Waals surface area contributed by atoms with Crippen molar-refractivity contribution >= 4 is 24.5 Å². The first kappa shape index (κ1) is 15.4. The van der Waals surface area contributed by atoms with E-state index in [1.807, 2.05) is 6.07 Å². The summed E-state index contributed by atoms with van der Waals surface area (Å²) in [5, 5.41) is 3.05. The molecule has 0 aliphatic heterocycles.